The van der Waals surface area contributed by atoms with Crippen molar-refractivity contribution in [1.82, 2.24) is 9.55 Å². The number of esters is 1. The first-order valence-corrected chi connectivity index (χ1v) is 6.52. The summed E-state index contributed by atoms with van der Waals surface area (Å²) >= 11 is 0. The molecule has 1 aromatic heterocycles. The van der Waals surface area contributed by atoms with Gasteiger partial charge in [0, 0.05) is 24.5 Å². The van der Waals surface area contributed by atoms with Crippen LogP contribution in [-0.2, 0) is 16.0 Å². The van der Waals surface area contributed by atoms with Crippen LogP contribution in [0.2, 0.25) is 0 Å². The molecule has 19 heavy (non-hydrogen) atoms. The fraction of sp³-hybridized carbons (Fsp3) is 0.333. The Balaban J connectivity index is 1.91. The van der Waals surface area contributed by atoms with Crippen LogP contribution in [0.3, 0.4) is 0 Å². The zero-order chi connectivity index (χ0) is 13.5. The summed E-state index contributed by atoms with van der Waals surface area (Å²) < 4.78 is 6.88. The van der Waals surface area contributed by atoms with Crippen LogP contribution in [0.15, 0.2) is 43.0 Å². The molecule has 2 aromatic rings. The van der Waals surface area contributed by atoms with E-state index in [0.717, 1.165) is 18.5 Å². The number of imidazole rings is 1. The third-order valence-electron chi connectivity index (χ3n) is 2.86. The second-order valence-electron chi connectivity index (χ2n) is 4.30. The Labute approximate surface area is 113 Å². The first-order chi connectivity index (χ1) is 9.29. The maximum absolute atomic E-state index is 11.3. The van der Waals surface area contributed by atoms with E-state index in [-0.39, 0.29) is 5.97 Å². The summed E-state index contributed by atoms with van der Waals surface area (Å²) in [6, 6.07) is 8.25. The van der Waals surface area contributed by atoms with Gasteiger partial charge in [0.1, 0.15) is 0 Å². The van der Waals surface area contributed by atoms with Crippen LogP contribution in [0.25, 0.3) is 5.69 Å². The molecule has 0 radical (unpaired) electrons. The van der Waals surface area contributed by atoms with Crippen molar-refractivity contribution in [2.24, 2.45) is 0 Å². The van der Waals surface area contributed by atoms with Gasteiger partial charge >= 0.3 is 5.97 Å². The van der Waals surface area contributed by atoms with Crippen molar-refractivity contribution in [3.8, 4) is 5.69 Å². The summed E-state index contributed by atoms with van der Waals surface area (Å²) in [6.07, 6.45) is 7.61. The maximum Gasteiger partial charge on any atom is 0.305 e. The van der Waals surface area contributed by atoms with Crippen molar-refractivity contribution in [2.45, 2.75) is 26.2 Å². The van der Waals surface area contributed by atoms with Crippen molar-refractivity contribution in [3.63, 3.8) is 0 Å². The minimum atomic E-state index is -0.117. The number of hydrogen-bond acceptors (Lipinski definition) is 3. The van der Waals surface area contributed by atoms with Gasteiger partial charge < -0.3 is 9.30 Å². The molecule has 0 saturated heterocycles. The maximum atomic E-state index is 11.3. The minimum Gasteiger partial charge on any atom is -0.466 e. The van der Waals surface area contributed by atoms with E-state index in [1.54, 1.807) is 12.5 Å². The van der Waals surface area contributed by atoms with Gasteiger partial charge in [0.2, 0.25) is 0 Å². The predicted octanol–water partition coefficient (Wildman–Crippen LogP) is 2.76. The summed E-state index contributed by atoms with van der Waals surface area (Å²) in [5, 5.41) is 0. The molecule has 4 heteroatoms. The van der Waals surface area contributed by atoms with Gasteiger partial charge in [-0.05, 0) is 37.5 Å². The van der Waals surface area contributed by atoms with Crippen LogP contribution in [0.5, 0.6) is 0 Å². The molecule has 1 aromatic carbocycles. The first kappa shape index (κ1) is 13.3. The van der Waals surface area contributed by atoms with Crippen molar-refractivity contribution in [1.29, 1.82) is 0 Å². The Morgan fingerprint density at radius 1 is 1.42 bits per heavy atom. The fourth-order valence-electron chi connectivity index (χ4n) is 1.95. The van der Waals surface area contributed by atoms with Gasteiger partial charge in [-0.15, -0.1) is 0 Å². The lowest BCUT2D eigenvalue weighted by Gasteiger charge is -2.06. The first-order valence-electron chi connectivity index (χ1n) is 6.52. The van der Waals surface area contributed by atoms with Crippen molar-refractivity contribution in [2.75, 3.05) is 6.61 Å². The Morgan fingerprint density at radius 3 is 3.05 bits per heavy atom. The molecule has 1 heterocycles. The number of nitrogens with zero attached hydrogens (tertiary/aromatic N) is 2. The average Bonchev–Trinajstić information content (AvgIpc) is 2.93. The molecular weight excluding hydrogens is 240 g/mol. The Hall–Kier alpha value is -2.10. The van der Waals surface area contributed by atoms with Gasteiger partial charge in [0.15, 0.2) is 0 Å². The van der Waals surface area contributed by atoms with Gasteiger partial charge in [-0.1, -0.05) is 12.1 Å². The lowest BCUT2D eigenvalue weighted by Crippen LogP contribution is -2.04. The van der Waals surface area contributed by atoms with Crippen molar-refractivity contribution in [3.05, 3.63) is 48.5 Å². The van der Waals surface area contributed by atoms with E-state index in [2.05, 4.69) is 17.1 Å². The van der Waals surface area contributed by atoms with E-state index >= 15 is 0 Å². The highest BCUT2D eigenvalue weighted by atomic mass is 16.5. The number of benzene rings is 1. The zero-order valence-electron chi connectivity index (χ0n) is 11.1. The summed E-state index contributed by atoms with van der Waals surface area (Å²) in [5.74, 6) is -0.117. The summed E-state index contributed by atoms with van der Waals surface area (Å²) in [5.41, 5.74) is 2.31. The number of aryl methyl sites for hydroxylation is 1. The van der Waals surface area contributed by atoms with Crippen molar-refractivity contribution < 1.29 is 9.53 Å². The number of rotatable bonds is 6. The highest BCUT2D eigenvalue weighted by molar-refractivity contribution is 5.69. The summed E-state index contributed by atoms with van der Waals surface area (Å²) in [7, 11) is 0. The lowest BCUT2D eigenvalue weighted by molar-refractivity contribution is -0.143. The van der Waals surface area contributed by atoms with E-state index in [9.17, 15) is 4.79 Å². The van der Waals surface area contributed by atoms with Crippen LogP contribution in [0.4, 0.5) is 0 Å². The minimum absolute atomic E-state index is 0.117. The van der Waals surface area contributed by atoms with E-state index in [1.807, 2.05) is 29.8 Å². The molecule has 0 aliphatic carbocycles. The molecule has 0 fully saturated rings. The van der Waals surface area contributed by atoms with Gasteiger partial charge in [-0.3, -0.25) is 4.79 Å². The molecule has 2 rings (SSSR count). The standard InChI is InChI=1S/C15H18N2O2/c1-2-19-15(18)8-4-6-13-5-3-7-14(11-13)17-10-9-16-12-17/h3,5,7,9-12H,2,4,6,8H2,1H3. The number of carbonyl (C=O) groups excluding carboxylic acids is 1. The summed E-state index contributed by atoms with van der Waals surface area (Å²) in [6.45, 7) is 2.28. The molecule has 4 nitrogen and oxygen atoms in total. The van der Waals surface area contributed by atoms with Gasteiger partial charge in [0.05, 0.1) is 12.9 Å². The highest BCUT2D eigenvalue weighted by Gasteiger charge is 2.03. The van der Waals surface area contributed by atoms with Crippen LogP contribution in [0.1, 0.15) is 25.3 Å². The molecule has 0 saturated carbocycles. The largest absolute Gasteiger partial charge is 0.466 e. The monoisotopic (exact) mass is 258 g/mol. The third kappa shape index (κ3) is 3.95. The van der Waals surface area contributed by atoms with Gasteiger partial charge in [-0.2, -0.15) is 0 Å². The van der Waals surface area contributed by atoms with Gasteiger partial charge in [0.25, 0.3) is 0 Å². The second kappa shape index (κ2) is 6.73. The smallest absolute Gasteiger partial charge is 0.305 e. The zero-order valence-corrected chi connectivity index (χ0v) is 11.1. The van der Waals surface area contributed by atoms with Crippen molar-refractivity contribution >= 4 is 5.97 Å². The molecule has 0 amide bonds. The number of ether oxygens (including phenoxy) is 1. The molecule has 100 valence electrons. The van der Waals surface area contributed by atoms with Crippen LogP contribution in [0, 0.1) is 0 Å². The SMILES string of the molecule is CCOC(=O)CCCc1cccc(-n2ccnc2)c1. The van der Waals surface area contributed by atoms with Gasteiger partial charge in [-0.25, -0.2) is 4.98 Å². The molecule has 0 spiro atoms. The predicted molar refractivity (Wildman–Crippen MR) is 73.1 cm³/mol. The van der Waals surface area contributed by atoms with Crippen LogP contribution >= 0.6 is 0 Å². The van der Waals surface area contributed by atoms with E-state index in [1.165, 1.54) is 5.56 Å². The fourth-order valence-corrected chi connectivity index (χ4v) is 1.95. The Morgan fingerprint density at radius 2 is 2.32 bits per heavy atom. The van der Waals surface area contributed by atoms with E-state index in [0.29, 0.717) is 13.0 Å². The van der Waals surface area contributed by atoms with Crippen LogP contribution in [-0.4, -0.2) is 22.1 Å². The molecule has 0 atom stereocenters. The molecule has 0 aliphatic rings. The lowest BCUT2D eigenvalue weighted by atomic mass is 10.1. The Bertz CT molecular complexity index is 521. The van der Waals surface area contributed by atoms with E-state index in [4.69, 9.17) is 4.74 Å². The Kier molecular flexibility index (Phi) is 4.72. The molecular formula is C15H18N2O2. The number of carbonyl (C=O) groups is 1. The number of hydrogen-bond donors (Lipinski definition) is 0. The normalized spacial score (nSPS) is 10.4. The van der Waals surface area contributed by atoms with E-state index < -0.39 is 0 Å². The average molecular weight is 258 g/mol. The summed E-state index contributed by atoms with van der Waals surface area (Å²) in [4.78, 5) is 15.3. The highest BCUT2D eigenvalue weighted by Crippen LogP contribution is 2.12. The molecule has 0 aliphatic heterocycles. The molecule has 0 bridgehead atoms. The molecule has 0 N–H and O–H groups in total. The number of aromatic nitrogens is 2. The van der Waals surface area contributed by atoms with Crippen LogP contribution < -0.4 is 0 Å². The second-order valence-corrected chi connectivity index (χ2v) is 4.30. The molecule has 0 unspecified atom stereocenters. The third-order valence-corrected chi connectivity index (χ3v) is 2.86. The topological polar surface area (TPSA) is 44.1 Å². The quantitative estimate of drug-likeness (QED) is 0.748.